The predicted molar refractivity (Wildman–Crippen MR) is 157 cm³/mol. The van der Waals surface area contributed by atoms with E-state index in [2.05, 4.69) is 9.97 Å². The van der Waals surface area contributed by atoms with Crippen molar-refractivity contribution in [2.75, 3.05) is 13.2 Å². The van der Waals surface area contributed by atoms with E-state index in [-0.39, 0.29) is 35.8 Å². The summed E-state index contributed by atoms with van der Waals surface area (Å²) in [5.74, 6) is -1.34. The zero-order chi connectivity index (χ0) is 30.6. The van der Waals surface area contributed by atoms with E-state index >= 15 is 4.39 Å². The first-order chi connectivity index (χ1) is 21.2. The number of benzene rings is 2. The average molecular weight is 614 g/mol. The van der Waals surface area contributed by atoms with Gasteiger partial charge in [0, 0.05) is 36.6 Å². The number of ether oxygens (including phenoxy) is 2. The first kappa shape index (κ1) is 28.6. The van der Waals surface area contributed by atoms with E-state index in [0.717, 1.165) is 12.8 Å². The number of carbonyl (C=O) groups excluding carboxylic acids is 1. The molecular formula is C33H29ClFN5O4. The zero-order valence-corrected chi connectivity index (χ0v) is 24.7. The Labute approximate surface area is 258 Å². The van der Waals surface area contributed by atoms with Crippen LogP contribution >= 0.6 is 11.6 Å². The second-order valence-corrected chi connectivity index (χ2v) is 12.1. The molecule has 1 amide bonds. The SMILES string of the molecule is Cn1cnc(C(O)(c2cc(F)c3c(c2)C(=O)N(Cc2ccc(C#N)cn2)[C@@]3(O[C@H]2CCOC2)c2ccc(Cl)cc2)C2CC2)c1. The highest BCUT2D eigenvalue weighted by Gasteiger charge is 2.57. The fourth-order valence-electron chi connectivity index (χ4n) is 6.41. The van der Waals surface area contributed by atoms with Gasteiger partial charge in [-0.05, 0) is 67.1 Å². The van der Waals surface area contributed by atoms with E-state index in [1.54, 1.807) is 66.6 Å². The third-order valence-corrected chi connectivity index (χ3v) is 8.97. The van der Waals surface area contributed by atoms with Gasteiger partial charge in [-0.25, -0.2) is 9.37 Å². The molecule has 0 radical (unpaired) electrons. The normalized spacial score (nSPS) is 22.6. The van der Waals surface area contributed by atoms with E-state index in [0.29, 0.717) is 40.6 Å². The number of carbonyl (C=O) groups is 1. The molecule has 1 unspecified atom stereocenters. The summed E-state index contributed by atoms with van der Waals surface area (Å²) >= 11 is 6.27. The topological polar surface area (TPSA) is 114 Å². The largest absolute Gasteiger partial charge is 0.379 e. The number of aryl methyl sites for hydroxylation is 1. The predicted octanol–water partition coefficient (Wildman–Crippen LogP) is 4.79. The molecule has 9 nitrogen and oxygen atoms in total. The van der Waals surface area contributed by atoms with Gasteiger partial charge in [-0.2, -0.15) is 5.26 Å². The lowest BCUT2D eigenvalue weighted by atomic mass is 9.83. The molecule has 3 aliphatic rings. The first-order valence-electron chi connectivity index (χ1n) is 14.5. The number of aliphatic hydroxyl groups is 1. The molecule has 4 heterocycles. The quantitative estimate of drug-likeness (QED) is 0.304. The minimum atomic E-state index is -1.70. The summed E-state index contributed by atoms with van der Waals surface area (Å²) in [7, 11) is 1.80. The minimum Gasteiger partial charge on any atom is -0.379 e. The van der Waals surface area contributed by atoms with Crippen molar-refractivity contribution in [2.24, 2.45) is 13.0 Å². The van der Waals surface area contributed by atoms with Gasteiger partial charge in [-0.15, -0.1) is 0 Å². The van der Waals surface area contributed by atoms with Crippen molar-refractivity contribution in [1.29, 1.82) is 5.26 Å². The van der Waals surface area contributed by atoms with Gasteiger partial charge in [0.2, 0.25) is 5.72 Å². The van der Waals surface area contributed by atoms with Crippen molar-refractivity contribution in [3.63, 3.8) is 0 Å². The number of nitriles is 1. The highest BCUT2D eigenvalue weighted by Crippen LogP contribution is 2.53. The van der Waals surface area contributed by atoms with Gasteiger partial charge in [0.05, 0.1) is 53.7 Å². The van der Waals surface area contributed by atoms with Crippen LogP contribution in [0, 0.1) is 23.1 Å². The molecule has 2 aromatic heterocycles. The standard InChI is InChI=1S/C33H29ClFN5O4/c1-39-17-29(38-19-39)32(42,21-3-4-21)23-12-27-30(28(35)13-23)33(44-26-10-11-43-18-26,22-5-7-24(34)8-6-22)40(31(27)41)16-25-9-2-20(14-36)15-37-25/h2,5-9,12-13,15,17,19,21,26,42H,3-4,10-11,16,18H2,1H3/t26-,32?,33+/m0/s1. The fraction of sp³-hybridized carbons (Fsp3) is 0.333. The van der Waals surface area contributed by atoms with Crippen molar-refractivity contribution in [1.82, 2.24) is 19.4 Å². The van der Waals surface area contributed by atoms with Gasteiger partial charge in [0.25, 0.3) is 5.91 Å². The molecule has 1 saturated heterocycles. The number of fused-ring (bicyclic) bond motifs is 1. The van der Waals surface area contributed by atoms with Crippen LogP contribution in [0.5, 0.6) is 0 Å². The van der Waals surface area contributed by atoms with Crippen LogP contribution < -0.4 is 0 Å². The number of amides is 1. The van der Waals surface area contributed by atoms with Crippen molar-refractivity contribution < 1.29 is 23.8 Å². The highest BCUT2D eigenvalue weighted by molar-refractivity contribution is 6.30. The van der Waals surface area contributed by atoms with E-state index in [4.69, 9.17) is 21.1 Å². The maximum absolute atomic E-state index is 16.9. The number of imidazole rings is 1. The summed E-state index contributed by atoms with van der Waals surface area (Å²) in [4.78, 5) is 24.8. The van der Waals surface area contributed by atoms with Gasteiger partial charge in [-0.3, -0.25) is 14.7 Å². The Kier molecular flexibility index (Phi) is 7.02. The van der Waals surface area contributed by atoms with E-state index < -0.39 is 29.2 Å². The monoisotopic (exact) mass is 613 g/mol. The second kappa shape index (κ2) is 10.8. The molecule has 2 fully saturated rings. The summed E-state index contributed by atoms with van der Waals surface area (Å²) < 4.78 is 31.0. The molecule has 1 aliphatic carbocycles. The number of pyridine rings is 1. The van der Waals surface area contributed by atoms with Gasteiger partial charge < -0.3 is 19.1 Å². The van der Waals surface area contributed by atoms with Crippen LogP contribution in [0.2, 0.25) is 5.02 Å². The van der Waals surface area contributed by atoms with Crippen molar-refractivity contribution in [2.45, 2.75) is 43.2 Å². The van der Waals surface area contributed by atoms with Crippen LogP contribution in [0.3, 0.4) is 0 Å². The second-order valence-electron chi connectivity index (χ2n) is 11.6. The molecule has 7 rings (SSSR count). The van der Waals surface area contributed by atoms with Gasteiger partial charge in [-0.1, -0.05) is 23.7 Å². The third kappa shape index (κ3) is 4.59. The maximum atomic E-state index is 16.9. The molecule has 0 bridgehead atoms. The number of nitrogens with zero attached hydrogens (tertiary/aromatic N) is 5. The molecule has 224 valence electrons. The van der Waals surface area contributed by atoms with Crippen molar-refractivity contribution in [3.8, 4) is 6.07 Å². The molecule has 1 N–H and O–H groups in total. The maximum Gasteiger partial charge on any atom is 0.257 e. The molecule has 0 spiro atoms. The number of hydrogen-bond donors (Lipinski definition) is 1. The van der Waals surface area contributed by atoms with Gasteiger partial charge in [0.1, 0.15) is 17.5 Å². The summed E-state index contributed by atoms with van der Waals surface area (Å²) in [6.45, 7) is 0.708. The molecule has 4 aromatic rings. The number of halogens is 2. The Morgan fingerprint density at radius 3 is 2.61 bits per heavy atom. The molecule has 1 saturated carbocycles. The number of rotatable bonds is 8. The average Bonchev–Trinajstić information content (AvgIpc) is 3.51. The van der Waals surface area contributed by atoms with Crippen LogP contribution in [0.4, 0.5) is 4.39 Å². The molecule has 11 heteroatoms. The van der Waals surface area contributed by atoms with Crippen molar-refractivity contribution in [3.05, 3.63) is 117 Å². The fourth-order valence-corrected chi connectivity index (χ4v) is 6.54. The summed E-state index contributed by atoms with van der Waals surface area (Å²) in [5, 5.41) is 21.9. The molecular weight excluding hydrogens is 585 g/mol. The van der Waals surface area contributed by atoms with E-state index in [9.17, 15) is 15.2 Å². The Morgan fingerprint density at radius 2 is 2.00 bits per heavy atom. The molecule has 3 atom stereocenters. The minimum absolute atomic E-state index is 0.0443. The van der Waals surface area contributed by atoms with Crippen LogP contribution in [0.15, 0.2) is 67.3 Å². The smallest absolute Gasteiger partial charge is 0.257 e. The van der Waals surface area contributed by atoms with Crippen LogP contribution in [0.25, 0.3) is 0 Å². The van der Waals surface area contributed by atoms with Gasteiger partial charge in [0.15, 0.2) is 0 Å². The van der Waals surface area contributed by atoms with Crippen LogP contribution in [0.1, 0.15) is 63.3 Å². The van der Waals surface area contributed by atoms with Gasteiger partial charge >= 0.3 is 0 Å². The van der Waals surface area contributed by atoms with E-state index in [1.807, 2.05) is 6.07 Å². The first-order valence-corrected chi connectivity index (χ1v) is 14.9. The summed E-state index contributed by atoms with van der Waals surface area (Å²) in [6.07, 6.45) is 6.35. The lowest BCUT2D eigenvalue weighted by Crippen LogP contribution is -2.49. The summed E-state index contributed by atoms with van der Waals surface area (Å²) in [6, 6.07) is 15.0. The summed E-state index contributed by atoms with van der Waals surface area (Å²) in [5.41, 5.74) is -1.13. The number of aromatic nitrogens is 3. The molecule has 2 aromatic carbocycles. The Balaban J connectivity index is 1.44. The Morgan fingerprint density at radius 1 is 1.20 bits per heavy atom. The van der Waals surface area contributed by atoms with Crippen molar-refractivity contribution >= 4 is 17.5 Å². The van der Waals surface area contributed by atoms with E-state index in [1.165, 1.54) is 17.2 Å². The molecule has 44 heavy (non-hydrogen) atoms. The lowest BCUT2D eigenvalue weighted by molar-refractivity contribution is -0.148. The zero-order valence-electron chi connectivity index (χ0n) is 23.9. The highest BCUT2D eigenvalue weighted by atomic mass is 35.5. The number of hydrogen-bond acceptors (Lipinski definition) is 7. The Bertz CT molecular complexity index is 1780. The molecule has 2 aliphatic heterocycles. The Hall–Kier alpha value is -4.14. The third-order valence-electron chi connectivity index (χ3n) is 8.72. The van der Waals surface area contributed by atoms with Crippen LogP contribution in [-0.4, -0.2) is 49.8 Å². The van der Waals surface area contributed by atoms with Crippen LogP contribution in [-0.2, 0) is 34.4 Å². The lowest BCUT2D eigenvalue weighted by Gasteiger charge is -2.41.